The first kappa shape index (κ1) is 19.7. The predicted octanol–water partition coefficient (Wildman–Crippen LogP) is 3.83. The van der Waals surface area contributed by atoms with Crippen LogP contribution in [0, 0.1) is 0 Å². The Kier molecular flexibility index (Phi) is 4.62. The molecule has 32 heavy (non-hydrogen) atoms. The van der Waals surface area contributed by atoms with Crippen LogP contribution in [0.5, 0.6) is 11.6 Å². The molecule has 0 bridgehead atoms. The van der Waals surface area contributed by atoms with Gasteiger partial charge in [-0.05, 0) is 56.3 Å². The van der Waals surface area contributed by atoms with Gasteiger partial charge in [0.15, 0.2) is 5.65 Å². The second kappa shape index (κ2) is 7.49. The molecule has 3 heterocycles. The number of fused-ring (bicyclic) bond motifs is 2. The molecule has 160 valence electrons. The van der Waals surface area contributed by atoms with Crippen LogP contribution in [0.1, 0.15) is 13.8 Å². The molecular formula is C24H21N5O3. The lowest BCUT2D eigenvalue weighted by atomic mass is 10.1. The van der Waals surface area contributed by atoms with Crippen LogP contribution in [0.15, 0.2) is 65.6 Å². The highest BCUT2D eigenvalue weighted by Gasteiger charge is 2.17. The number of phenolic OH excluding ortho intramolecular Hbond substituents is 1. The molecule has 0 atom stereocenters. The van der Waals surface area contributed by atoms with E-state index in [2.05, 4.69) is 15.1 Å². The van der Waals surface area contributed by atoms with Gasteiger partial charge in [-0.15, -0.1) is 0 Å². The Bertz CT molecular complexity index is 1520. The minimum atomic E-state index is -0.319. The van der Waals surface area contributed by atoms with E-state index in [0.29, 0.717) is 34.0 Å². The largest absolute Gasteiger partial charge is 0.508 e. The summed E-state index contributed by atoms with van der Waals surface area (Å²) in [6, 6.07) is 15.6. The van der Waals surface area contributed by atoms with Gasteiger partial charge < -0.3 is 9.84 Å². The Morgan fingerprint density at radius 1 is 0.969 bits per heavy atom. The molecule has 0 saturated carbocycles. The van der Waals surface area contributed by atoms with Crippen LogP contribution >= 0.6 is 0 Å². The first-order valence-corrected chi connectivity index (χ1v) is 10.2. The quantitative estimate of drug-likeness (QED) is 0.468. The van der Waals surface area contributed by atoms with E-state index in [1.54, 1.807) is 28.9 Å². The van der Waals surface area contributed by atoms with Crippen molar-refractivity contribution in [3.05, 3.63) is 71.1 Å². The summed E-state index contributed by atoms with van der Waals surface area (Å²) in [6.45, 7) is 3.82. The second-order valence-electron chi connectivity index (χ2n) is 7.85. The Hall–Kier alpha value is -4.20. The van der Waals surface area contributed by atoms with Crippen LogP contribution in [0.3, 0.4) is 0 Å². The number of rotatable bonds is 4. The normalized spacial score (nSPS) is 11.5. The van der Waals surface area contributed by atoms with Crippen molar-refractivity contribution in [2.75, 3.05) is 0 Å². The minimum absolute atomic E-state index is 0.0627. The van der Waals surface area contributed by atoms with Crippen molar-refractivity contribution in [1.29, 1.82) is 0 Å². The number of benzene rings is 2. The zero-order valence-electron chi connectivity index (χ0n) is 17.9. The Labute approximate surface area is 183 Å². The van der Waals surface area contributed by atoms with Gasteiger partial charge in [0.05, 0.1) is 17.3 Å². The average Bonchev–Trinajstić information content (AvgIpc) is 3.13. The van der Waals surface area contributed by atoms with Crippen LogP contribution in [0.4, 0.5) is 0 Å². The molecule has 8 nitrogen and oxygen atoms in total. The van der Waals surface area contributed by atoms with Crippen LogP contribution < -0.4 is 10.3 Å². The second-order valence-corrected chi connectivity index (χ2v) is 7.85. The number of nitrogens with zero attached hydrogens (tertiary/aromatic N) is 5. The summed E-state index contributed by atoms with van der Waals surface area (Å²) in [5, 5.41) is 15.0. The topological polar surface area (TPSA) is 95.1 Å². The first-order chi connectivity index (χ1) is 15.4. The van der Waals surface area contributed by atoms with Gasteiger partial charge in [-0.2, -0.15) is 10.1 Å². The van der Waals surface area contributed by atoms with Gasteiger partial charge >= 0.3 is 0 Å². The maximum absolute atomic E-state index is 13.7. The summed E-state index contributed by atoms with van der Waals surface area (Å²) < 4.78 is 8.97. The Morgan fingerprint density at radius 2 is 1.72 bits per heavy atom. The zero-order valence-corrected chi connectivity index (χ0v) is 17.9. The first-order valence-electron chi connectivity index (χ1n) is 10.2. The molecule has 0 aliphatic carbocycles. The molecule has 0 spiro atoms. The molecule has 0 amide bonds. The lowest BCUT2D eigenvalue weighted by Gasteiger charge is -2.14. The smallest absolute Gasteiger partial charge is 0.283 e. The van der Waals surface area contributed by atoms with E-state index in [4.69, 9.17) is 4.74 Å². The maximum Gasteiger partial charge on any atom is 0.283 e. The highest BCUT2D eigenvalue weighted by molar-refractivity contribution is 5.85. The van der Waals surface area contributed by atoms with E-state index in [-0.39, 0.29) is 17.4 Å². The van der Waals surface area contributed by atoms with Gasteiger partial charge in [0.1, 0.15) is 17.0 Å². The van der Waals surface area contributed by atoms with Crippen molar-refractivity contribution in [2.45, 2.75) is 20.0 Å². The molecule has 1 N–H and O–H groups in total. The fourth-order valence-electron chi connectivity index (χ4n) is 3.68. The van der Waals surface area contributed by atoms with Crippen LogP contribution in [-0.2, 0) is 7.05 Å². The fourth-order valence-corrected chi connectivity index (χ4v) is 3.68. The van der Waals surface area contributed by atoms with Crippen molar-refractivity contribution < 1.29 is 9.84 Å². The summed E-state index contributed by atoms with van der Waals surface area (Å²) in [7, 11) is 1.86. The number of aromatic nitrogens is 5. The van der Waals surface area contributed by atoms with Crippen LogP contribution in [0.2, 0.25) is 0 Å². The van der Waals surface area contributed by atoms with E-state index in [1.165, 1.54) is 16.7 Å². The van der Waals surface area contributed by atoms with E-state index in [9.17, 15) is 9.90 Å². The van der Waals surface area contributed by atoms with E-state index in [0.717, 1.165) is 10.9 Å². The summed E-state index contributed by atoms with van der Waals surface area (Å²) in [6.07, 6.45) is 1.84. The Balaban J connectivity index is 1.79. The molecule has 5 rings (SSSR count). The van der Waals surface area contributed by atoms with E-state index >= 15 is 0 Å². The van der Waals surface area contributed by atoms with E-state index < -0.39 is 0 Å². The van der Waals surface area contributed by atoms with Crippen molar-refractivity contribution in [3.8, 4) is 28.6 Å². The number of aryl methyl sites for hydroxylation is 1. The molecule has 5 aromatic rings. The standard InChI is InChI=1S/C24H21N5O3/c1-14(2)32-21-11-10-20-23(26-21)29(17-5-7-18(30)8-6-17)24(31)22(25-20)15-4-9-19-16(12-15)13-28(3)27-19/h4-14,30H,1-3H3. The molecule has 0 aliphatic heterocycles. The SMILES string of the molecule is CC(C)Oc1ccc2nc(-c3ccc4nn(C)cc4c3)c(=O)n(-c3ccc(O)cc3)c2n1. The van der Waals surface area contributed by atoms with Gasteiger partial charge in [0.25, 0.3) is 5.56 Å². The predicted molar refractivity (Wildman–Crippen MR) is 122 cm³/mol. The molecule has 0 radical (unpaired) electrons. The number of hydrogen-bond acceptors (Lipinski definition) is 6. The van der Waals surface area contributed by atoms with Gasteiger partial charge in [0.2, 0.25) is 5.88 Å². The number of ether oxygens (including phenoxy) is 1. The summed E-state index contributed by atoms with van der Waals surface area (Å²) in [5.41, 5.74) is 3.01. The third kappa shape index (κ3) is 3.45. The lowest BCUT2D eigenvalue weighted by Crippen LogP contribution is -2.23. The van der Waals surface area contributed by atoms with Crippen molar-refractivity contribution in [3.63, 3.8) is 0 Å². The highest BCUT2D eigenvalue weighted by Crippen LogP contribution is 2.25. The number of hydrogen-bond donors (Lipinski definition) is 1. The molecule has 0 aliphatic rings. The van der Waals surface area contributed by atoms with Gasteiger partial charge in [-0.3, -0.25) is 14.0 Å². The molecule has 0 unspecified atom stereocenters. The molecule has 0 fully saturated rings. The molecule has 3 aromatic heterocycles. The third-order valence-corrected chi connectivity index (χ3v) is 5.04. The van der Waals surface area contributed by atoms with Crippen molar-refractivity contribution in [2.24, 2.45) is 7.05 Å². The molecule has 8 heteroatoms. The fraction of sp³-hybridized carbons (Fsp3) is 0.167. The van der Waals surface area contributed by atoms with Gasteiger partial charge in [0, 0.05) is 30.3 Å². The summed E-state index contributed by atoms with van der Waals surface area (Å²) >= 11 is 0. The lowest BCUT2D eigenvalue weighted by molar-refractivity contribution is 0.233. The van der Waals surface area contributed by atoms with Crippen molar-refractivity contribution in [1.82, 2.24) is 24.3 Å². The third-order valence-electron chi connectivity index (χ3n) is 5.04. The monoisotopic (exact) mass is 427 g/mol. The van der Waals surface area contributed by atoms with Crippen LogP contribution in [-0.4, -0.2) is 35.5 Å². The molecule has 2 aromatic carbocycles. The molecule has 0 saturated heterocycles. The van der Waals surface area contributed by atoms with E-state index in [1.807, 2.05) is 45.3 Å². The summed E-state index contributed by atoms with van der Waals surface area (Å²) in [5.74, 6) is 0.518. The maximum atomic E-state index is 13.7. The van der Waals surface area contributed by atoms with Gasteiger partial charge in [-0.1, -0.05) is 6.07 Å². The van der Waals surface area contributed by atoms with Crippen molar-refractivity contribution >= 4 is 22.1 Å². The molecular weight excluding hydrogens is 406 g/mol. The zero-order chi connectivity index (χ0) is 22.4. The number of pyridine rings is 1. The van der Waals surface area contributed by atoms with Crippen LogP contribution in [0.25, 0.3) is 39.0 Å². The average molecular weight is 427 g/mol. The number of phenols is 1. The highest BCUT2D eigenvalue weighted by atomic mass is 16.5. The summed E-state index contributed by atoms with van der Waals surface area (Å²) in [4.78, 5) is 22.9. The van der Waals surface area contributed by atoms with Gasteiger partial charge in [-0.25, -0.2) is 4.98 Å². The Morgan fingerprint density at radius 3 is 2.47 bits per heavy atom. The number of aromatic hydroxyl groups is 1. The minimum Gasteiger partial charge on any atom is -0.508 e.